The van der Waals surface area contributed by atoms with E-state index in [1.165, 1.54) is 6.92 Å². The molecule has 0 aromatic rings. The van der Waals surface area contributed by atoms with Crippen molar-refractivity contribution in [2.75, 3.05) is 6.61 Å². The lowest BCUT2D eigenvalue weighted by atomic mass is 9.82. The van der Waals surface area contributed by atoms with Crippen molar-refractivity contribution in [2.24, 2.45) is 10.8 Å². The number of ketones is 1. The minimum atomic E-state index is -1.05. The van der Waals surface area contributed by atoms with E-state index in [0.29, 0.717) is 6.61 Å². The predicted octanol–water partition coefficient (Wildman–Crippen LogP) is 2.11. The van der Waals surface area contributed by atoms with E-state index >= 15 is 0 Å². The van der Waals surface area contributed by atoms with E-state index in [2.05, 4.69) is 0 Å². The standard InChI is InChI=1S/C12H18O3/c1-6-15-10(14)12(8(2)13)7-9(12)11(3,4)5/h7H,6H2,1-5H3. The van der Waals surface area contributed by atoms with Gasteiger partial charge in [0.1, 0.15) is 0 Å². The van der Waals surface area contributed by atoms with Crippen LogP contribution in [0.2, 0.25) is 0 Å². The molecular weight excluding hydrogens is 192 g/mol. The van der Waals surface area contributed by atoms with Crippen molar-refractivity contribution in [3.05, 3.63) is 11.6 Å². The van der Waals surface area contributed by atoms with E-state index in [-0.39, 0.29) is 11.2 Å². The van der Waals surface area contributed by atoms with Gasteiger partial charge in [-0.1, -0.05) is 26.8 Å². The van der Waals surface area contributed by atoms with Gasteiger partial charge in [0.2, 0.25) is 0 Å². The molecule has 1 aliphatic rings. The molecule has 1 aliphatic carbocycles. The van der Waals surface area contributed by atoms with E-state index in [1.54, 1.807) is 13.0 Å². The highest BCUT2D eigenvalue weighted by Crippen LogP contribution is 2.54. The molecule has 84 valence electrons. The monoisotopic (exact) mass is 210 g/mol. The van der Waals surface area contributed by atoms with E-state index < -0.39 is 11.4 Å². The van der Waals surface area contributed by atoms with Gasteiger partial charge in [0.05, 0.1) is 6.61 Å². The second kappa shape index (κ2) is 3.47. The van der Waals surface area contributed by atoms with Gasteiger partial charge in [-0.3, -0.25) is 9.59 Å². The molecule has 0 aromatic carbocycles. The second-order valence-corrected chi connectivity index (χ2v) is 4.89. The SMILES string of the molecule is CCOC(=O)C1(C(C)=O)C=C1C(C)(C)C. The van der Waals surface area contributed by atoms with Gasteiger partial charge in [-0.2, -0.15) is 0 Å². The van der Waals surface area contributed by atoms with Crippen molar-refractivity contribution >= 4 is 11.8 Å². The fraction of sp³-hybridized carbons (Fsp3) is 0.667. The molecule has 0 radical (unpaired) electrons. The van der Waals surface area contributed by atoms with Crippen LogP contribution in [0.25, 0.3) is 0 Å². The molecule has 3 heteroatoms. The zero-order valence-corrected chi connectivity index (χ0v) is 10.0. The maximum absolute atomic E-state index is 11.7. The number of esters is 1. The summed E-state index contributed by atoms with van der Waals surface area (Å²) in [5, 5.41) is 0. The highest BCUT2D eigenvalue weighted by molar-refractivity contribution is 6.13. The third kappa shape index (κ3) is 1.83. The van der Waals surface area contributed by atoms with Crippen LogP contribution < -0.4 is 0 Å². The smallest absolute Gasteiger partial charge is 0.327 e. The Morgan fingerprint density at radius 2 is 1.93 bits per heavy atom. The molecule has 0 saturated carbocycles. The van der Waals surface area contributed by atoms with E-state index in [0.717, 1.165) is 5.57 Å². The number of carbonyl (C=O) groups is 2. The van der Waals surface area contributed by atoms with Crippen LogP contribution in [-0.2, 0) is 14.3 Å². The van der Waals surface area contributed by atoms with Crippen LogP contribution in [0.3, 0.4) is 0 Å². The number of Topliss-reactive ketones (excluding diaryl/α,β-unsaturated/α-hetero) is 1. The summed E-state index contributed by atoms with van der Waals surface area (Å²) in [6.45, 7) is 9.45. The van der Waals surface area contributed by atoms with Crippen LogP contribution in [0.5, 0.6) is 0 Å². The van der Waals surface area contributed by atoms with E-state index in [4.69, 9.17) is 4.74 Å². The van der Waals surface area contributed by atoms with Crippen molar-refractivity contribution < 1.29 is 14.3 Å². The molecule has 0 heterocycles. The van der Waals surface area contributed by atoms with Crippen LogP contribution >= 0.6 is 0 Å². The maximum atomic E-state index is 11.7. The molecule has 0 aromatic heterocycles. The Kier molecular flexibility index (Phi) is 2.77. The largest absolute Gasteiger partial charge is 0.465 e. The molecule has 0 aliphatic heterocycles. The summed E-state index contributed by atoms with van der Waals surface area (Å²) < 4.78 is 4.94. The fourth-order valence-electron chi connectivity index (χ4n) is 1.84. The van der Waals surface area contributed by atoms with Crippen LogP contribution in [0.15, 0.2) is 11.6 Å². The van der Waals surface area contributed by atoms with Gasteiger partial charge in [0.15, 0.2) is 11.2 Å². The molecule has 0 spiro atoms. The Labute approximate surface area is 90.5 Å². The summed E-state index contributed by atoms with van der Waals surface area (Å²) in [6, 6.07) is 0. The topological polar surface area (TPSA) is 43.4 Å². The number of hydrogen-bond donors (Lipinski definition) is 0. The molecule has 3 nitrogen and oxygen atoms in total. The molecule has 0 bridgehead atoms. The first-order valence-corrected chi connectivity index (χ1v) is 5.19. The molecule has 0 saturated heterocycles. The Morgan fingerprint density at radius 3 is 2.20 bits per heavy atom. The Morgan fingerprint density at radius 1 is 1.40 bits per heavy atom. The minimum absolute atomic E-state index is 0.147. The summed E-state index contributed by atoms with van der Waals surface area (Å²) in [5.74, 6) is -0.576. The lowest BCUT2D eigenvalue weighted by Crippen LogP contribution is -2.32. The normalized spacial score (nSPS) is 24.5. The molecule has 0 fully saturated rings. The summed E-state index contributed by atoms with van der Waals surface area (Å²) in [7, 11) is 0. The van der Waals surface area contributed by atoms with Crippen LogP contribution in [0.1, 0.15) is 34.6 Å². The molecule has 1 unspecified atom stereocenters. The number of ether oxygens (including phenoxy) is 1. The van der Waals surface area contributed by atoms with Crippen molar-refractivity contribution in [3.63, 3.8) is 0 Å². The Hall–Kier alpha value is -1.12. The number of hydrogen-bond acceptors (Lipinski definition) is 3. The van der Waals surface area contributed by atoms with Crippen LogP contribution in [0, 0.1) is 10.8 Å². The molecular formula is C12H18O3. The van der Waals surface area contributed by atoms with E-state index in [9.17, 15) is 9.59 Å². The van der Waals surface area contributed by atoms with Crippen LogP contribution in [0.4, 0.5) is 0 Å². The van der Waals surface area contributed by atoms with Gasteiger partial charge in [-0.25, -0.2) is 0 Å². The summed E-state index contributed by atoms with van der Waals surface area (Å²) in [4.78, 5) is 23.3. The quantitative estimate of drug-likeness (QED) is 0.407. The van der Waals surface area contributed by atoms with Crippen molar-refractivity contribution in [1.82, 2.24) is 0 Å². The Balaban J connectivity index is 2.90. The molecule has 15 heavy (non-hydrogen) atoms. The lowest BCUT2D eigenvalue weighted by molar-refractivity contribution is -0.152. The lowest BCUT2D eigenvalue weighted by Gasteiger charge is -2.22. The zero-order chi connectivity index (χ0) is 11.9. The first-order valence-electron chi connectivity index (χ1n) is 5.19. The Bertz CT molecular complexity index is 333. The van der Waals surface area contributed by atoms with Gasteiger partial charge in [0, 0.05) is 0 Å². The summed E-state index contributed by atoms with van der Waals surface area (Å²) in [5.41, 5.74) is -0.326. The maximum Gasteiger partial charge on any atom is 0.327 e. The third-order valence-electron chi connectivity index (χ3n) is 2.66. The minimum Gasteiger partial charge on any atom is -0.465 e. The van der Waals surface area contributed by atoms with E-state index in [1.807, 2.05) is 20.8 Å². The second-order valence-electron chi connectivity index (χ2n) is 4.89. The first-order chi connectivity index (χ1) is 6.76. The molecule has 1 rings (SSSR count). The molecule has 0 amide bonds. The number of carbonyl (C=O) groups excluding carboxylic acids is 2. The summed E-state index contributed by atoms with van der Waals surface area (Å²) >= 11 is 0. The van der Waals surface area contributed by atoms with Gasteiger partial charge in [-0.05, 0) is 24.8 Å². The van der Waals surface area contributed by atoms with Crippen molar-refractivity contribution in [2.45, 2.75) is 34.6 Å². The van der Waals surface area contributed by atoms with Crippen molar-refractivity contribution in [1.29, 1.82) is 0 Å². The fourth-order valence-corrected chi connectivity index (χ4v) is 1.84. The zero-order valence-electron chi connectivity index (χ0n) is 10.0. The molecule has 1 atom stereocenters. The van der Waals surface area contributed by atoms with Gasteiger partial charge >= 0.3 is 5.97 Å². The first kappa shape index (κ1) is 12.0. The predicted molar refractivity (Wildman–Crippen MR) is 57.3 cm³/mol. The third-order valence-corrected chi connectivity index (χ3v) is 2.66. The van der Waals surface area contributed by atoms with Gasteiger partial charge in [-0.15, -0.1) is 0 Å². The summed E-state index contributed by atoms with van der Waals surface area (Å²) in [6.07, 6.45) is 1.73. The van der Waals surface area contributed by atoms with Gasteiger partial charge < -0.3 is 4.74 Å². The highest BCUT2D eigenvalue weighted by atomic mass is 16.5. The average Bonchev–Trinajstić information content (AvgIpc) is 2.78. The highest BCUT2D eigenvalue weighted by Gasteiger charge is 2.59. The number of rotatable bonds is 3. The average molecular weight is 210 g/mol. The van der Waals surface area contributed by atoms with Crippen LogP contribution in [-0.4, -0.2) is 18.4 Å². The van der Waals surface area contributed by atoms with Crippen molar-refractivity contribution in [3.8, 4) is 0 Å². The molecule has 0 N–H and O–H groups in total. The van der Waals surface area contributed by atoms with Gasteiger partial charge in [0.25, 0.3) is 0 Å².